The molecule has 0 heterocycles. The molecular weight excluding hydrogens is 513 g/mol. The molecule has 1 amide bonds. The van der Waals surface area contributed by atoms with Gasteiger partial charge in [-0.3, -0.25) is 4.79 Å². The normalized spacial score (nSPS) is 12.6. The summed E-state index contributed by atoms with van der Waals surface area (Å²) in [5, 5.41) is 17.1. The van der Waals surface area contributed by atoms with Gasteiger partial charge < -0.3 is 15.7 Å². The highest BCUT2D eigenvalue weighted by Crippen LogP contribution is 2.15. The molecule has 0 spiro atoms. The van der Waals surface area contributed by atoms with Crippen LogP contribution >= 0.6 is 0 Å². The van der Waals surface area contributed by atoms with Crippen molar-refractivity contribution in [3.8, 4) is 0 Å². The average Bonchev–Trinajstić information content (AvgIpc) is 2.93. The summed E-state index contributed by atoms with van der Waals surface area (Å²) in [6.07, 6.45) is 0.426. The highest BCUT2D eigenvalue weighted by atomic mass is 19.1. The molecule has 0 aliphatic carbocycles. The van der Waals surface area contributed by atoms with E-state index in [2.05, 4.69) is 29.7 Å². The van der Waals surface area contributed by atoms with Crippen LogP contribution in [0, 0.1) is 17.5 Å². The molecule has 40 heavy (non-hydrogen) atoms. The molecule has 0 fully saturated rings. The first-order valence-corrected chi connectivity index (χ1v) is 13.3. The molecule has 0 aromatic heterocycles. The third-order valence-corrected chi connectivity index (χ3v) is 6.75. The van der Waals surface area contributed by atoms with Gasteiger partial charge in [0.2, 0.25) is 0 Å². The Morgan fingerprint density at radius 1 is 0.750 bits per heavy atom. The summed E-state index contributed by atoms with van der Waals surface area (Å²) < 4.78 is 41.0. The van der Waals surface area contributed by atoms with Gasteiger partial charge in [-0.2, -0.15) is 0 Å². The predicted octanol–water partition coefficient (Wildman–Crippen LogP) is 5.75. The molecule has 0 radical (unpaired) electrons. The Morgan fingerprint density at radius 3 is 2.15 bits per heavy atom. The van der Waals surface area contributed by atoms with Gasteiger partial charge >= 0.3 is 0 Å². The van der Waals surface area contributed by atoms with E-state index in [0.717, 1.165) is 29.2 Å². The smallest absolute Gasteiger partial charge is 0.251 e. The average molecular weight is 547 g/mol. The van der Waals surface area contributed by atoms with Crippen LogP contribution in [0.3, 0.4) is 0 Å². The number of nitrogens with one attached hydrogen (secondary N) is 2. The van der Waals surface area contributed by atoms with E-state index in [9.17, 15) is 23.1 Å². The number of carbonyl (C=O) groups excluding carboxylic acids is 1. The molecular formula is C33H33F3N2O2. The van der Waals surface area contributed by atoms with Crippen molar-refractivity contribution in [2.45, 2.75) is 44.9 Å². The zero-order valence-corrected chi connectivity index (χ0v) is 22.3. The predicted molar refractivity (Wildman–Crippen MR) is 150 cm³/mol. The van der Waals surface area contributed by atoms with Crippen LogP contribution < -0.4 is 10.6 Å². The van der Waals surface area contributed by atoms with Crippen molar-refractivity contribution >= 4 is 5.91 Å². The lowest BCUT2D eigenvalue weighted by Crippen LogP contribution is -2.48. The molecule has 0 aliphatic heterocycles. The standard InChI is InChI=1S/C33H33F3N2O2/c1-2-22-5-3-7-25(13-22)20-37-21-32(39)31(18-26-16-29(35)19-30(36)17-26)38-33(40)27-8-4-6-24(15-27)14-23-9-11-28(34)12-10-23/h3-13,15-17,19,31-32,37,39H,2,14,18,20-21H2,1H3,(H,38,40). The number of hydrogen-bond acceptors (Lipinski definition) is 3. The van der Waals surface area contributed by atoms with Gasteiger partial charge in [0.25, 0.3) is 5.91 Å². The molecule has 0 saturated heterocycles. The molecule has 2 unspecified atom stereocenters. The lowest BCUT2D eigenvalue weighted by Gasteiger charge is -2.25. The van der Waals surface area contributed by atoms with Crippen molar-refractivity contribution < 1.29 is 23.1 Å². The quantitative estimate of drug-likeness (QED) is 0.212. The van der Waals surface area contributed by atoms with E-state index in [4.69, 9.17) is 0 Å². The van der Waals surface area contributed by atoms with E-state index in [1.165, 1.54) is 29.8 Å². The van der Waals surface area contributed by atoms with Crippen molar-refractivity contribution in [1.29, 1.82) is 0 Å². The number of benzene rings is 4. The number of aryl methyl sites for hydroxylation is 1. The molecule has 7 heteroatoms. The van der Waals surface area contributed by atoms with Gasteiger partial charge in [-0.15, -0.1) is 0 Å². The van der Waals surface area contributed by atoms with Crippen molar-refractivity contribution in [3.05, 3.63) is 142 Å². The molecule has 4 rings (SSSR count). The molecule has 0 aliphatic rings. The van der Waals surface area contributed by atoms with E-state index in [0.29, 0.717) is 24.1 Å². The zero-order valence-electron chi connectivity index (χ0n) is 22.3. The van der Waals surface area contributed by atoms with Crippen molar-refractivity contribution in [3.63, 3.8) is 0 Å². The molecule has 4 aromatic rings. The van der Waals surface area contributed by atoms with Crippen LogP contribution in [-0.2, 0) is 25.8 Å². The maximum atomic E-state index is 13.9. The summed E-state index contributed by atoms with van der Waals surface area (Å²) in [6.45, 7) is 2.76. The van der Waals surface area contributed by atoms with E-state index in [1.807, 2.05) is 18.2 Å². The van der Waals surface area contributed by atoms with Gasteiger partial charge in [0.1, 0.15) is 17.5 Å². The Kier molecular flexibility index (Phi) is 10.1. The fourth-order valence-corrected chi connectivity index (χ4v) is 4.64. The van der Waals surface area contributed by atoms with Crippen LogP contribution in [0.25, 0.3) is 0 Å². The van der Waals surface area contributed by atoms with E-state index in [1.54, 1.807) is 30.3 Å². The molecule has 3 N–H and O–H groups in total. The largest absolute Gasteiger partial charge is 0.390 e. The molecule has 4 nitrogen and oxygen atoms in total. The van der Waals surface area contributed by atoms with Crippen molar-refractivity contribution in [2.75, 3.05) is 6.54 Å². The molecule has 0 saturated carbocycles. The van der Waals surface area contributed by atoms with Crippen LogP contribution in [0.15, 0.2) is 91.0 Å². The summed E-state index contributed by atoms with van der Waals surface area (Å²) in [6, 6.07) is 23.7. The second-order valence-electron chi connectivity index (χ2n) is 9.94. The lowest BCUT2D eigenvalue weighted by molar-refractivity contribution is 0.0829. The second-order valence-corrected chi connectivity index (χ2v) is 9.94. The maximum Gasteiger partial charge on any atom is 0.251 e. The summed E-state index contributed by atoms with van der Waals surface area (Å²) in [4.78, 5) is 13.3. The lowest BCUT2D eigenvalue weighted by atomic mass is 9.99. The maximum absolute atomic E-state index is 13.9. The number of rotatable bonds is 12. The van der Waals surface area contributed by atoms with Gasteiger partial charge in [0, 0.05) is 24.7 Å². The van der Waals surface area contributed by atoms with Gasteiger partial charge in [-0.25, -0.2) is 13.2 Å². The second kappa shape index (κ2) is 13.9. The number of aliphatic hydroxyl groups excluding tert-OH is 1. The van der Waals surface area contributed by atoms with Gasteiger partial charge in [-0.1, -0.05) is 55.5 Å². The first kappa shape index (κ1) is 29.1. The molecule has 2 atom stereocenters. The molecule has 0 bridgehead atoms. The van der Waals surface area contributed by atoms with Gasteiger partial charge in [0.05, 0.1) is 12.1 Å². The summed E-state index contributed by atoms with van der Waals surface area (Å²) >= 11 is 0. The van der Waals surface area contributed by atoms with Crippen LogP contribution in [-0.4, -0.2) is 29.7 Å². The summed E-state index contributed by atoms with van der Waals surface area (Å²) in [5.41, 5.74) is 4.74. The first-order chi connectivity index (χ1) is 19.3. The van der Waals surface area contributed by atoms with Crippen LogP contribution in [0.5, 0.6) is 0 Å². The number of aliphatic hydroxyl groups is 1. The Bertz CT molecular complexity index is 1410. The van der Waals surface area contributed by atoms with Gasteiger partial charge in [0.15, 0.2) is 0 Å². The Labute approximate surface area is 232 Å². The minimum atomic E-state index is -1.04. The highest BCUT2D eigenvalue weighted by Gasteiger charge is 2.23. The van der Waals surface area contributed by atoms with Gasteiger partial charge in [-0.05, 0) is 83.5 Å². The van der Waals surface area contributed by atoms with E-state index < -0.39 is 29.7 Å². The fourth-order valence-electron chi connectivity index (χ4n) is 4.64. The van der Waals surface area contributed by atoms with Crippen molar-refractivity contribution in [2.24, 2.45) is 0 Å². The Hall–Kier alpha value is -3.94. The first-order valence-electron chi connectivity index (χ1n) is 13.3. The minimum Gasteiger partial charge on any atom is -0.390 e. The SMILES string of the molecule is CCc1cccc(CNCC(O)C(Cc2cc(F)cc(F)c2)NC(=O)c2cccc(Cc3ccc(F)cc3)c2)c1. The van der Waals surface area contributed by atoms with E-state index >= 15 is 0 Å². The van der Waals surface area contributed by atoms with Crippen LogP contribution in [0.1, 0.15) is 45.1 Å². The number of hydrogen-bond donors (Lipinski definition) is 3. The van der Waals surface area contributed by atoms with E-state index in [-0.39, 0.29) is 18.8 Å². The number of amides is 1. The third-order valence-electron chi connectivity index (χ3n) is 6.75. The Balaban J connectivity index is 1.46. The number of halogens is 3. The van der Waals surface area contributed by atoms with Crippen LogP contribution in [0.2, 0.25) is 0 Å². The summed E-state index contributed by atoms with van der Waals surface area (Å²) in [5.74, 6) is -2.19. The monoisotopic (exact) mass is 546 g/mol. The minimum absolute atomic E-state index is 0.0316. The van der Waals surface area contributed by atoms with Crippen molar-refractivity contribution in [1.82, 2.24) is 10.6 Å². The number of carbonyl (C=O) groups is 1. The molecule has 208 valence electrons. The summed E-state index contributed by atoms with van der Waals surface area (Å²) in [7, 11) is 0. The highest BCUT2D eigenvalue weighted by molar-refractivity contribution is 5.94. The zero-order chi connectivity index (χ0) is 28.5. The Morgan fingerprint density at radius 2 is 1.43 bits per heavy atom. The van der Waals surface area contributed by atoms with Crippen LogP contribution in [0.4, 0.5) is 13.2 Å². The molecule has 4 aromatic carbocycles. The fraction of sp³-hybridized carbons (Fsp3) is 0.242. The third kappa shape index (κ3) is 8.53. The topological polar surface area (TPSA) is 61.4 Å².